The summed E-state index contributed by atoms with van der Waals surface area (Å²) in [6.07, 6.45) is 1.59. The third-order valence-corrected chi connectivity index (χ3v) is 9.47. The van der Waals surface area contributed by atoms with Crippen molar-refractivity contribution >= 4 is 21.5 Å². The van der Waals surface area contributed by atoms with Gasteiger partial charge in [0.15, 0.2) is 46.4 Å². The standard InChI is InChI=1S/C16H10F4.C15H12F2O.C11H12F2O.2C2H6/c1-7-5-9-3-4-10-6-8(2)14(18)16(20)12(10)11(9)15(19)13(7)17;1-8-3-5-10-11-6-4-9(2)14(17)15(11)18-7-12(10)13(8)16;1-6-5-8-4-3-7(2)14-11(8)10(13)9(6)12;2*1-2/h3-6H,1-2H3;3-6H,7H2,1-2H3;5,7H,3-4H2,1-2H3;2*1-2H3. The van der Waals surface area contributed by atoms with Gasteiger partial charge in [0.25, 0.3) is 0 Å². The summed E-state index contributed by atoms with van der Waals surface area (Å²) in [7, 11) is 0. The summed E-state index contributed by atoms with van der Waals surface area (Å²) < 4.78 is 121. The van der Waals surface area contributed by atoms with Crippen molar-refractivity contribution in [3.8, 4) is 22.6 Å². The molecule has 0 N–H and O–H groups in total. The molecule has 0 bridgehead atoms. The second kappa shape index (κ2) is 18.2. The molecule has 0 aromatic heterocycles. The monoisotopic (exact) mass is 782 g/mol. The van der Waals surface area contributed by atoms with Crippen LogP contribution in [0.3, 0.4) is 0 Å². The number of benzene rings is 6. The van der Waals surface area contributed by atoms with E-state index in [1.165, 1.54) is 26.0 Å². The Hall–Kier alpha value is -5.12. The molecule has 6 aromatic carbocycles. The summed E-state index contributed by atoms with van der Waals surface area (Å²) >= 11 is 0. The van der Waals surface area contributed by atoms with Gasteiger partial charge >= 0.3 is 0 Å². The molecular formula is C46H46F8O2. The molecule has 10 heteroatoms. The summed E-state index contributed by atoms with van der Waals surface area (Å²) in [6.45, 7) is 17.8. The van der Waals surface area contributed by atoms with Gasteiger partial charge in [0, 0.05) is 21.9 Å². The largest absolute Gasteiger partial charge is 0.487 e. The molecule has 0 radical (unpaired) electrons. The van der Waals surface area contributed by atoms with Crippen molar-refractivity contribution in [1.82, 2.24) is 0 Å². The van der Waals surface area contributed by atoms with E-state index in [2.05, 4.69) is 0 Å². The van der Waals surface area contributed by atoms with E-state index in [0.29, 0.717) is 38.6 Å². The average Bonchev–Trinajstić information content (AvgIpc) is 3.20. The first kappa shape index (κ1) is 43.6. The fraction of sp³-hybridized carbons (Fsp3) is 0.304. The second-order valence-corrected chi connectivity index (χ2v) is 13.3. The van der Waals surface area contributed by atoms with Crippen molar-refractivity contribution in [3.63, 3.8) is 0 Å². The van der Waals surface area contributed by atoms with Gasteiger partial charge in [0.1, 0.15) is 12.4 Å². The van der Waals surface area contributed by atoms with Gasteiger partial charge in [-0.2, -0.15) is 4.39 Å². The van der Waals surface area contributed by atoms with E-state index >= 15 is 0 Å². The first-order valence-corrected chi connectivity index (χ1v) is 18.6. The molecule has 298 valence electrons. The summed E-state index contributed by atoms with van der Waals surface area (Å²) in [5.41, 5.74) is 4.34. The molecule has 0 aliphatic carbocycles. The van der Waals surface area contributed by atoms with Crippen LogP contribution in [0.15, 0.2) is 54.6 Å². The highest BCUT2D eigenvalue weighted by molar-refractivity contribution is 6.08. The van der Waals surface area contributed by atoms with Gasteiger partial charge in [-0.1, -0.05) is 64.1 Å². The molecule has 2 aliphatic rings. The van der Waals surface area contributed by atoms with Crippen LogP contribution < -0.4 is 9.47 Å². The van der Waals surface area contributed by atoms with E-state index in [0.717, 1.165) is 24.0 Å². The van der Waals surface area contributed by atoms with Crippen LogP contribution >= 0.6 is 0 Å². The maximum Gasteiger partial charge on any atom is 0.201 e. The molecule has 6 aromatic rings. The van der Waals surface area contributed by atoms with Crippen LogP contribution in [-0.4, -0.2) is 6.10 Å². The lowest BCUT2D eigenvalue weighted by molar-refractivity contribution is 0.180. The van der Waals surface area contributed by atoms with Gasteiger partial charge in [-0.05, 0) is 122 Å². The predicted molar refractivity (Wildman–Crippen MR) is 209 cm³/mol. The Balaban J connectivity index is 0.000000181. The number of rotatable bonds is 0. The summed E-state index contributed by atoms with van der Waals surface area (Å²) in [5, 5.41) is 0.246. The van der Waals surface area contributed by atoms with Crippen LogP contribution in [0.2, 0.25) is 0 Å². The Morgan fingerprint density at radius 2 is 0.946 bits per heavy atom. The minimum atomic E-state index is -1.15. The van der Waals surface area contributed by atoms with Crippen molar-refractivity contribution in [1.29, 1.82) is 0 Å². The topological polar surface area (TPSA) is 18.5 Å². The molecule has 0 spiro atoms. The molecule has 0 amide bonds. The number of ether oxygens (including phenoxy) is 2. The molecule has 56 heavy (non-hydrogen) atoms. The molecule has 0 saturated heterocycles. The second-order valence-electron chi connectivity index (χ2n) is 13.3. The number of halogens is 8. The molecule has 8 rings (SSSR count). The molecule has 1 unspecified atom stereocenters. The van der Waals surface area contributed by atoms with Crippen molar-refractivity contribution in [2.75, 3.05) is 0 Å². The average molecular weight is 783 g/mol. The molecule has 0 saturated carbocycles. The minimum Gasteiger partial charge on any atom is -0.487 e. The van der Waals surface area contributed by atoms with Crippen LogP contribution in [0, 0.1) is 81.2 Å². The van der Waals surface area contributed by atoms with Crippen molar-refractivity contribution < 1.29 is 44.6 Å². The van der Waals surface area contributed by atoms with Gasteiger partial charge in [-0.15, -0.1) is 0 Å². The normalized spacial score (nSPS) is 13.4. The third-order valence-electron chi connectivity index (χ3n) is 9.47. The predicted octanol–water partition coefficient (Wildman–Crippen LogP) is 14.3. The van der Waals surface area contributed by atoms with Crippen molar-refractivity contribution in [2.24, 2.45) is 0 Å². The lowest BCUT2D eigenvalue weighted by Gasteiger charge is -2.24. The maximum atomic E-state index is 14.1. The van der Waals surface area contributed by atoms with E-state index < -0.39 is 34.9 Å². The zero-order chi connectivity index (χ0) is 41.8. The summed E-state index contributed by atoms with van der Waals surface area (Å²) in [4.78, 5) is 0. The molecule has 2 heterocycles. The van der Waals surface area contributed by atoms with Crippen LogP contribution in [-0.2, 0) is 13.0 Å². The molecule has 2 nitrogen and oxygen atoms in total. The lowest BCUT2D eigenvalue weighted by Crippen LogP contribution is -2.20. The molecular weight excluding hydrogens is 736 g/mol. The van der Waals surface area contributed by atoms with Gasteiger partial charge in [-0.3, -0.25) is 0 Å². The van der Waals surface area contributed by atoms with Crippen molar-refractivity contribution in [2.45, 2.75) is 94.8 Å². The molecule has 0 fully saturated rings. The third kappa shape index (κ3) is 8.34. The summed E-state index contributed by atoms with van der Waals surface area (Å²) in [5.74, 6) is -6.29. The Morgan fingerprint density at radius 3 is 1.48 bits per heavy atom. The Kier molecular flexibility index (Phi) is 14.2. The van der Waals surface area contributed by atoms with Gasteiger partial charge in [0.2, 0.25) is 5.82 Å². The molecule has 1 atom stereocenters. The Bertz CT molecular complexity index is 2270. The van der Waals surface area contributed by atoms with E-state index in [9.17, 15) is 35.1 Å². The van der Waals surface area contributed by atoms with Crippen molar-refractivity contribution in [3.05, 3.63) is 140 Å². The SMILES string of the molecule is CC.CC.Cc1cc2c(c(F)c1F)OC(C)CC2.Cc1cc2ccc3cc(C)c(F)c(F)c3c2c(F)c1F.Cc1ccc2c(c1F)COc1c-2ccc(C)c1F. The van der Waals surface area contributed by atoms with Gasteiger partial charge < -0.3 is 9.47 Å². The van der Waals surface area contributed by atoms with Gasteiger partial charge in [-0.25, -0.2) is 30.7 Å². The highest BCUT2D eigenvalue weighted by Crippen LogP contribution is 2.41. The Labute approximate surface area is 323 Å². The fourth-order valence-corrected chi connectivity index (χ4v) is 6.53. The first-order valence-electron chi connectivity index (χ1n) is 18.6. The van der Waals surface area contributed by atoms with E-state index in [-0.39, 0.29) is 57.7 Å². The quantitative estimate of drug-likeness (QED) is 0.113. The molecule has 2 aliphatic heterocycles. The Morgan fingerprint density at radius 1 is 0.482 bits per heavy atom. The van der Waals surface area contributed by atoms with Crippen LogP contribution in [0.25, 0.3) is 32.7 Å². The highest BCUT2D eigenvalue weighted by Gasteiger charge is 2.26. The van der Waals surface area contributed by atoms with Crippen LogP contribution in [0.5, 0.6) is 11.5 Å². The fourth-order valence-electron chi connectivity index (χ4n) is 6.53. The van der Waals surface area contributed by atoms with Gasteiger partial charge in [0.05, 0.1) is 6.10 Å². The number of fused-ring (bicyclic) bond motifs is 7. The van der Waals surface area contributed by atoms with Crippen LogP contribution in [0.4, 0.5) is 35.1 Å². The zero-order valence-electron chi connectivity index (χ0n) is 33.2. The van der Waals surface area contributed by atoms with E-state index in [4.69, 9.17) is 9.47 Å². The maximum absolute atomic E-state index is 14.1. The smallest absolute Gasteiger partial charge is 0.201 e. The summed E-state index contributed by atoms with van der Waals surface area (Å²) in [6, 6.07) is 14.7. The lowest BCUT2D eigenvalue weighted by atomic mass is 9.94. The van der Waals surface area contributed by atoms with Crippen LogP contribution in [0.1, 0.15) is 80.0 Å². The highest BCUT2D eigenvalue weighted by atomic mass is 19.2. The number of hydrogen-bond acceptors (Lipinski definition) is 2. The van der Waals surface area contributed by atoms with E-state index in [1.54, 1.807) is 57.2 Å². The minimum absolute atomic E-state index is 0.0286. The van der Waals surface area contributed by atoms with E-state index in [1.807, 2.05) is 40.7 Å². The zero-order valence-corrected chi connectivity index (χ0v) is 33.2. The first-order chi connectivity index (χ1) is 26.6. The number of hydrogen-bond donors (Lipinski definition) is 0. The number of aryl methyl sites for hydroxylation is 6.